The van der Waals surface area contributed by atoms with E-state index >= 15 is 0 Å². The van der Waals surface area contributed by atoms with Gasteiger partial charge >= 0.3 is 0 Å². The molecule has 0 atom stereocenters. The van der Waals surface area contributed by atoms with E-state index in [0.29, 0.717) is 11.7 Å². The van der Waals surface area contributed by atoms with Gasteiger partial charge in [0.15, 0.2) is 5.78 Å². The molecule has 1 saturated carbocycles. The molecule has 21 heavy (non-hydrogen) atoms. The van der Waals surface area contributed by atoms with Gasteiger partial charge in [0, 0.05) is 22.6 Å². The summed E-state index contributed by atoms with van der Waals surface area (Å²) in [6.07, 6.45) is 7.24. The van der Waals surface area contributed by atoms with Crippen LogP contribution < -0.4 is 0 Å². The van der Waals surface area contributed by atoms with Crippen molar-refractivity contribution in [1.82, 2.24) is 4.98 Å². The number of benzene rings is 1. The zero-order valence-corrected chi connectivity index (χ0v) is 12.9. The van der Waals surface area contributed by atoms with Crippen LogP contribution >= 0.6 is 0 Å². The molecule has 3 rings (SSSR count). The van der Waals surface area contributed by atoms with Crippen molar-refractivity contribution < 1.29 is 4.79 Å². The van der Waals surface area contributed by atoms with Gasteiger partial charge in [-0.2, -0.15) is 0 Å². The Hall–Kier alpha value is -1.70. The van der Waals surface area contributed by atoms with Crippen LogP contribution in [0.5, 0.6) is 0 Å². The number of ketones is 1. The summed E-state index contributed by atoms with van der Waals surface area (Å²) in [6.45, 7) is 4.44. The van der Waals surface area contributed by atoms with Gasteiger partial charge in [0.05, 0.1) is 5.52 Å². The molecule has 110 valence electrons. The molecule has 1 aromatic heterocycles. The largest absolute Gasteiger partial charge is 0.294 e. The molecule has 1 aliphatic rings. The maximum atomic E-state index is 13.3. The van der Waals surface area contributed by atoms with Crippen LogP contribution in [0.15, 0.2) is 36.5 Å². The van der Waals surface area contributed by atoms with Gasteiger partial charge in [-0.25, -0.2) is 0 Å². The highest BCUT2D eigenvalue weighted by Gasteiger charge is 2.41. The summed E-state index contributed by atoms with van der Waals surface area (Å²) in [4.78, 5) is 17.7. The fourth-order valence-electron chi connectivity index (χ4n) is 3.94. The van der Waals surface area contributed by atoms with E-state index < -0.39 is 0 Å². The lowest BCUT2D eigenvalue weighted by molar-refractivity contribution is 0.0762. The Morgan fingerprint density at radius 3 is 2.67 bits per heavy atom. The van der Waals surface area contributed by atoms with Gasteiger partial charge in [-0.05, 0) is 37.3 Å². The summed E-state index contributed by atoms with van der Waals surface area (Å²) in [5, 5.41) is 1.00. The molecule has 2 aromatic rings. The molecule has 2 heteroatoms. The van der Waals surface area contributed by atoms with Crippen LogP contribution in [0.4, 0.5) is 0 Å². The molecule has 0 saturated heterocycles. The van der Waals surface area contributed by atoms with Crippen LogP contribution in [0.3, 0.4) is 0 Å². The van der Waals surface area contributed by atoms with E-state index in [-0.39, 0.29) is 5.41 Å². The second kappa shape index (κ2) is 5.59. The molecular formula is C19H23NO. The molecule has 2 nitrogen and oxygen atoms in total. The highest BCUT2D eigenvalue weighted by Crippen LogP contribution is 2.46. The Morgan fingerprint density at radius 1 is 1.19 bits per heavy atom. The average molecular weight is 281 g/mol. The molecule has 0 radical (unpaired) electrons. The Kier molecular flexibility index (Phi) is 3.79. The molecule has 1 aromatic carbocycles. The maximum Gasteiger partial charge on any atom is 0.169 e. The molecule has 0 amide bonds. The number of hydrogen-bond donors (Lipinski definition) is 0. The van der Waals surface area contributed by atoms with Crippen molar-refractivity contribution in [3.8, 4) is 0 Å². The summed E-state index contributed by atoms with van der Waals surface area (Å²) in [6, 6.07) is 9.86. The summed E-state index contributed by atoms with van der Waals surface area (Å²) < 4.78 is 0. The quantitative estimate of drug-likeness (QED) is 0.736. The molecule has 0 spiro atoms. The summed E-state index contributed by atoms with van der Waals surface area (Å²) >= 11 is 0. The molecule has 1 fully saturated rings. The van der Waals surface area contributed by atoms with E-state index in [2.05, 4.69) is 18.8 Å². The normalized spacial score (nSPS) is 17.5. The molecule has 0 N–H and O–H groups in total. The summed E-state index contributed by atoms with van der Waals surface area (Å²) in [5.41, 5.74) is 1.64. The topological polar surface area (TPSA) is 30.0 Å². The smallest absolute Gasteiger partial charge is 0.169 e. The predicted octanol–water partition coefficient (Wildman–Crippen LogP) is 5.02. The third-order valence-corrected chi connectivity index (χ3v) is 4.73. The molecule has 1 heterocycles. The van der Waals surface area contributed by atoms with E-state index in [1.807, 2.05) is 30.3 Å². The zero-order chi connectivity index (χ0) is 14.9. The summed E-state index contributed by atoms with van der Waals surface area (Å²) in [7, 11) is 0. The first-order valence-electron chi connectivity index (χ1n) is 8.01. The third-order valence-electron chi connectivity index (χ3n) is 4.73. The Labute approximate surface area is 126 Å². The van der Waals surface area contributed by atoms with Crippen molar-refractivity contribution in [1.29, 1.82) is 0 Å². The first-order chi connectivity index (χ1) is 10.1. The fraction of sp³-hybridized carbons (Fsp3) is 0.474. The van der Waals surface area contributed by atoms with E-state index in [0.717, 1.165) is 35.7 Å². The van der Waals surface area contributed by atoms with Gasteiger partial charge in [0.1, 0.15) is 0 Å². The molecule has 0 unspecified atom stereocenters. The number of carbonyl (C=O) groups excluding carboxylic acids is 1. The van der Waals surface area contributed by atoms with Gasteiger partial charge in [-0.15, -0.1) is 0 Å². The molecule has 0 bridgehead atoms. The van der Waals surface area contributed by atoms with Gasteiger partial charge < -0.3 is 0 Å². The predicted molar refractivity (Wildman–Crippen MR) is 86.4 cm³/mol. The Morgan fingerprint density at radius 2 is 1.95 bits per heavy atom. The van der Waals surface area contributed by atoms with E-state index in [4.69, 9.17) is 0 Å². The second-order valence-electron chi connectivity index (χ2n) is 6.79. The first-order valence-corrected chi connectivity index (χ1v) is 8.01. The first kappa shape index (κ1) is 14.2. The maximum absolute atomic E-state index is 13.3. The Balaban J connectivity index is 2.06. The number of fused-ring (bicyclic) bond motifs is 1. The minimum absolute atomic E-state index is 0.141. The van der Waals surface area contributed by atoms with Gasteiger partial charge in [-0.3, -0.25) is 9.78 Å². The lowest BCUT2D eigenvalue weighted by atomic mass is 9.72. The highest BCUT2D eigenvalue weighted by molar-refractivity contribution is 6.10. The van der Waals surface area contributed by atoms with Crippen LogP contribution in [0, 0.1) is 11.3 Å². The second-order valence-corrected chi connectivity index (χ2v) is 6.79. The fourth-order valence-corrected chi connectivity index (χ4v) is 3.94. The number of Topliss-reactive ketones (excluding diaryl/α,β-unsaturated/α-hetero) is 1. The SMILES string of the molecule is CC(C)CC1(C(=O)c2cccc3ncccc23)CCCC1. The minimum atomic E-state index is -0.141. The zero-order valence-electron chi connectivity index (χ0n) is 12.9. The molecule has 1 aliphatic carbocycles. The van der Waals surface area contributed by atoms with Crippen molar-refractivity contribution in [2.45, 2.75) is 46.0 Å². The van der Waals surface area contributed by atoms with E-state index in [1.54, 1.807) is 6.20 Å². The third kappa shape index (κ3) is 2.59. The van der Waals surface area contributed by atoms with Gasteiger partial charge in [0.2, 0.25) is 0 Å². The minimum Gasteiger partial charge on any atom is -0.294 e. The highest BCUT2D eigenvalue weighted by atomic mass is 16.1. The lowest BCUT2D eigenvalue weighted by Crippen LogP contribution is -2.30. The Bertz CT molecular complexity index is 648. The van der Waals surface area contributed by atoms with Crippen LogP contribution in [0.2, 0.25) is 0 Å². The number of aromatic nitrogens is 1. The van der Waals surface area contributed by atoms with Crippen LogP contribution in [-0.4, -0.2) is 10.8 Å². The number of nitrogens with zero attached hydrogens (tertiary/aromatic N) is 1. The number of carbonyl (C=O) groups is 1. The number of pyridine rings is 1. The molecule has 0 aliphatic heterocycles. The monoisotopic (exact) mass is 281 g/mol. The number of rotatable bonds is 4. The molecular weight excluding hydrogens is 258 g/mol. The lowest BCUT2D eigenvalue weighted by Gasteiger charge is -2.29. The van der Waals surface area contributed by atoms with Gasteiger partial charge in [-0.1, -0.05) is 44.9 Å². The van der Waals surface area contributed by atoms with E-state index in [9.17, 15) is 4.79 Å². The van der Waals surface area contributed by atoms with Gasteiger partial charge in [0.25, 0.3) is 0 Å². The van der Waals surface area contributed by atoms with E-state index in [1.165, 1.54) is 12.8 Å². The van der Waals surface area contributed by atoms with Crippen LogP contribution in [0.1, 0.15) is 56.3 Å². The summed E-state index contributed by atoms with van der Waals surface area (Å²) in [5.74, 6) is 0.896. The van der Waals surface area contributed by atoms with Crippen molar-refractivity contribution in [2.75, 3.05) is 0 Å². The van der Waals surface area contributed by atoms with Crippen molar-refractivity contribution in [3.63, 3.8) is 0 Å². The van der Waals surface area contributed by atoms with Crippen LogP contribution in [-0.2, 0) is 0 Å². The standard InChI is InChI=1S/C19H23NO/c1-14(2)13-19(10-3-4-11-19)18(21)16-7-5-9-17-15(16)8-6-12-20-17/h5-9,12,14H,3-4,10-11,13H2,1-2H3. The van der Waals surface area contributed by atoms with Crippen molar-refractivity contribution in [3.05, 3.63) is 42.1 Å². The number of hydrogen-bond acceptors (Lipinski definition) is 2. The van der Waals surface area contributed by atoms with Crippen molar-refractivity contribution >= 4 is 16.7 Å². The van der Waals surface area contributed by atoms with Crippen molar-refractivity contribution in [2.24, 2.45) is 11.3 Å². The average Bonchev–Trinajstić information content (AvgIpc) is 2.95. The van der Waals surface area contributed by atoms with Crippen LogP contribution in [0.25, 0.3) is 10.9 Å².